The highest BCUT2D eigenvalue weighted by molar-refractivity contribution is 5.80. The first-order valence-corrected chi connectivity index (χ1v) is 5.17. The molecule has 1 aromatic heterocycles. The normalized spacial score (nSPS) is 16.8. The summed E-state index contributed by atoms with van der Waals surface area (Å²) in [5.41, 5.74) is 0.255. The fraction of sp³-hybridized carbons (Fsp3) is 0.0714. The molecule has 18 heavy (non-hydrogen) atoms. The van der Waals surface area contributed by atoms with Crippen LogP contribution in [0.15, 0.2) is 48.4 Å². The van der Waals surface area contributed by atoms with Gasteiger partial charge in [0.2, 0.25) is 0 Å². The van der Waals surface area contributed by atoms with E-state index in [-0.39, 0.29) is 5.56 Å². The number of aromatic amines is 1. The van der Waals surface area contributed by atoms with Crippen LogP contribution < -0.4 is 0 Å². The smallest absolute Gasteiger partial charge is 0.180 e. The summed E-state index contributed by atoms with van der Waals surface area (Å²) in [4.78, 5) is 0. The van der Waals surface area contributed by atoms with E-state index in [0.29, 0.717) is 17.0 Å². The van der Waals surface area contributed by atoms with E-state index in [0.717, 1.165) is 0 Å². The molecule has 0 aliphatic carbocycles. The predicted molar refractivity (Wildman–Crippen MR) is 69.8 cm³/mol. The van der Waals surface area contributed by atoms with E-state index in [1.165, 1.54) is 0 Å². The third kappa shape index (κ3) is 1.88. The van der Waals surface area contributed by atoms with Gasteiger partial charge in [-0.25, -0.2) is 5.10 Å². The second kappa shape index (κ2) is 4.41. The zero-order chi connectivity index (χ0) is 18.4. The summed E-state index contributed by atoms with van der Waals surface area (Å²) in [6.07, 6.45) is 0. The van der Waals surface area contributed by atoms with E-state index in [2.05, 4.69) is 20.6 Å². The molecule has 0 saturated carbocycles. The highest BCUT2D eigenvalue weighted by Crippen LogP contribution is 2.29. The highest BCUT2D eigenvalue weighted by atomic mass is 15.5. The lowest BCUT2D eigenvalue weighted by Crippen LogP contribution is -1.87. The Labute approximate surface area is 115 Å². The summed E-state index contributed by atoms with van der Waals surface area (Å²) >= 11 is 0. The molecule has 1 heterocycles. The van der Waals surface area contributed by atoms with Crippen LogP contribution in [0.25, 0.3) is 22.5 Å². The molecule has 1 N–H and O–H groups in total. The van der Waals surface area contributed by atoms with Gasteiger partial charge >= 0.3 is 0 Å². The van der Waals surface area contributed by atoms with E-state index < -0.39 is 36.6 Å². The number of hydrogen-bond acceptors (Lipinski definition) is 3. The van der Waals surface area contributed by atoms with Crippen LogP contribution in [0.5, 0.6) is 0 Å². The van der Waals surface area contributed by atoms with Crippen LogP contribution in [0.2, 0.25) is 0 Å². The first-order valence-electron chi connectivity index (χ1n) is 8.67. The maximum atomic E-state index is 8.21. The molecule has 0 atom stereocenters. The van der Waals surface area contributed by atoms with Crippen LogP contribution in [0, 0.1) is 6.85 Å². The van der Waals surface area contributed by atoms with Crippen molar-refractivity contribution in [3.8, 4) is 22.5 Å². The van der Waals surface area contributed by atoms with Crippen LogP contribution in [0.1, 0.15) is 15.2 Å². The molecule has 88 valence electrons. The van der Waals surface area contributed by atoms with Gasteiger partial charge in [-0.15, -0.1) is 5.10 Å². The molecular formula is C14H12N4. The molecule has 0 unspecified atom stereocenters. The maximum Gasteiger partial charge on any atom is 0.180 e. The molecule has 0 aliphatic heterocycles. The zero-order valence-electron chi connectivity index (χ0n) is 16.2. The van der Waals surface area contributed by atoms with Gasteiger partial charge in [0.15, 0.2) is 5.82 Å². The average molecular weight is 243 g/mol. The number of benzene rings is 2. The van der Waals surface area contributed by atoms with Gasteiger partial charge in [-0.1, -0.05) is 54.0 Å². The molecule has 0 aliphatic rings. The van der Waals surface area contributed by atoms with Crippen molar-refractivity contribution in [2.75, 3.05) is 0 Å². The number of nitrogens with one attached hydrogen (secondary N) is 1. The van der Waals surface area contributed by atoms with Crippen molar-refractivity contribution in [2.45, 2.75) is 6.85 Å². The van der Waals surface area contributed by atoms with Gasteiger partial charge in [0.05, 0.1) is 5.48 Å². The first kappa shape index (κ1) is 5.44. The number of hydrogen-bond donors (Lipinski definition) is 1. The number of H-pyrrole nitrogens is 1. The Bertz CT molecular complexity index is 906. The summed E-state index contributed by atoms with van der Waals surface area (Å²) in [7, 11) is 0. The van der Waals surface area contributed by atoms with Crippen LogP contribution in [0.3, 0.4) is 0 Å². The largest absolute Gasteiger partial charge is 0.239 e. The van der Waals surface area contributed by atoms with E-state index >= 15 is 0 Å². The fourth-order valence-electron chi connectivity index (χ4n) is 1.63. The topological polar surface area (TPSA) is 54.5 Å². The molecule has 4 heteroatoms. The lowest BCUT2D eigenvalue weighted by Gasteiger charge is -2.07. The molecule has 3 aromatic rings. The van der Waals surface area contributed by atoms with Crippen molar-refractivity contribution in [3.05, 3.63) is 54.0 Å². The molecule has 3 rings (SSSR count). The minimum absolute atomic E-state index is 0.00463. The summed E-state index contributed by atoms with van der Waals surface area (Å²) in [5.74, 6) is 0.298. The van der Waals surface area contributed by atoms with Gasteiger partial charge in [-0.3, -0.25) is 0 Å². The van der Waals surface area contributed by atoms with Crippen LogP contribution in [-0.4, -0.2) is 20.6 Å². The van der Waals surface area contributed by atoms with E-state index in [4.69, 9.17) is 9.60 Å². The molecule has 0 saturated heterocycles. The Hall–Kier alpha value is -2.49. The van der Waals surface area contributed by atoms with E-state index in [1.807, 2.05) is 0 Å². The fourth-order valence-corrected chi connectivity index (χ4v) is 1.63. The molecule has 0 bridgehead atoms. The zero-order valence-corrected chi connectivity index (χ0v) is 9.15. The molecule has 0 amide bonds. The van der Waals surface area contributed by atoms with E-state index in [1.54, 1.807) is 24.3 Å². The minimum atomic E-state index is -2.74. The molecule has 2 aromatic carbocycles. The van der Waals surface area contributed by atoms with Gasteiger partial charge < -0.3 is 0 Å². The van der Waals surface area contributed by atoms with Crippen molar-refractivity contribution < 1.29 is 9.60 Å². The highest BCUT2D eigenvalue weighted by Gasteiger charge is 2.09. The lowest BCUT2D eigenvalue weighted by molar-refractivity contribution is 0.881. The third-order valence-corrected chi connectivity index (χ3v) is 2.42. The molecule has 4 nitrogen and oxygen atoms in total. The second-order valence-electron chi connectivity index (χ2n) is 3.55. The standard InChI is InChI=1S/C14H12N4/c1-10-6-8-11(9-7-10)12-4-2-3-5-13(12)14-15-17-18-16-14/h2-9H,1H3,(H,15,16,17,18)/i1D3,6D,7D,8D,9D. The second-order valence-corrected chi connectivity index (χ2v) is 3.55. The number of tetrazole rings is 1. The lowest BCUT2D eigenvalue weighted by atomic mass is 9.98. The van der Waals surface area contributed by atoms with Gasteiger partial charge in [0.1, 0.15) is 0 Å². The quantitative estimate of drug-likeness (QED) is 0.753. The molecule has 0 spiro atoms. The molecule has 0 fully saturated rings. The number of nitrogens with zero attached hydrogens (tertiary/aromatic N) is 3. The molecular weight excluding hydrogens is 224 g/mol. The van der Waals surface area contributed by atoms with Gasteiger partial charge in [-0.05, 0) is 28.4 Å². The SMILES string of the molecule is [2H]c1c([2H])c(C([2H])([2H])[2H])c([2H])c([2H])c1-c1ccccc1-c1nnn[nH]1. The molecule has 0 radical (unpaired) electrons. The van der Waals surface area contributed by atoms with Crippen molar-refractivity contribution in [2.24, 2.45) is 0 Å². The van der Waals surface area contributed by atoms with Crippen LogP contribution >= 0.6 is 0 Å². The summed E-state index contributed by atoms with van der Waals surface area (Å²) in [6.45, 7) is -2.74. The Balaban J connectivity index is 2.35. The Kier molecular flexibility index (Phi) is 1.33. The Morgan fingerprint density at radius 1 is 1.11 bits per heavy atom. The minimum Gasteiger partial charge on any atom is -0.239 e. The maximum absolute atomic E-state index is 8.21. The van der Waals surface area contributed by atoms with Crippen molar-refractivity contribution in [3.63, 3.8) is 0 Å². The van der Waals surface area contributed by atoms with Gasteiger partial charge in [0.25, 0.3) is 0 Å². The Morgan fingerprint density at radius 2 is 1.89 bits per heavy atom. The summed E-state index contributed by atoms with van der Waals surface area (Å²) < 4.78 is 54.9. The van der Waals surface area contributed by atoms with Gasteiger partial charge in [0, 0.05) is 9.68 Å². The monoisotopic (exact) mass is 243 g/mol. The van der Waals surface area contributed by atoms with Crippen LogP contribution in [0.4, 0.5) is 0 Å². The number of rotatable bonds is 2. The Morgan fingerprint density at radius 3 is 2.56 bits per heavy atom. The summed E-state index contributed by atoms with van der Waals surface area (Å²) in [5, 5.41) is 13.4. The summed E-state index contributed by atoms with van der Waals surface area (Å²) in [6, 6.07) is 4.65. The number of aromatic nitrogens is 4. The van der Waals surface area contributed by atoms with E-state index in [9.17, 15) is 0 Å². The van der Waals surface area contributed by atoms with Crippen molar-refractivity contribution in [1.29, 1.82) is 0 Å². The first-order chi connectivity index (χ1) is 11.7. The average Bonchev–Trinajstić information content (AvgIpc) is 3.07. The van der Waals surface area contributed by atoms with Crippen molar-refractivity contribution in [1.82, 2.24) is 20.6 Å². The van der Waals surface area contributed by atoms with Gasteiger partial charge in [-0.2, -0.15) is 0 Å². The third-order valence-electron chi connectivity index (χ3n) is 2.42. The van der Waals surface area contributed by atoms with Crippen molar-refractivity contribution >= 4 is 0 Å². The predicted octanol–water partition coefficient (Wildman–Crippen LogP) is 2.84. The van der Waals surface area contributed by atoms with Crippen LogP contribution in [-0.2, 0) is 0 Å².